The summed E-state index contributed by atoms with van der Waals surface area (Å²) in [5.74, 6) is -0.105. The van der Waals surface area contributed by atoms with Crippen molar-refractivity contribution in [3.8, 4) is 0 Å². The Morgan fingerprint density at radius 1 is 1.37 bits per heavy atom. The van der Waals surface area contributed by atoms with Crippen molar-refractivity contribution < 1.29 is 4.79 Å². The van der Waals surface area contributed by atoms with Crippen molar-refractivity contribution in [3.05, 3.63) is 46.5 Å². The summed E-state index contributed by atoms with van der Waals surface area (Å²) in [6.45, 7) is 2.70. The molecular formula is C14H17N3OS. The maximum Gasteiger partial charge on any atom is 0.257 e. The van der Waals surface area contributed by atoms with Gasteiger partial charge in [0.25, 0.3) is 5.91 Å². The molecule has 0 aliphatic heterocycles. The van der Waals surface area contributed by atoms with Gasteiger partial charge in [0.2, 0.25) is 0 Å². The molecule has 4 nitrogen and oxygen atoms in total. The molecule has 2 rings (SSSR count). The molecule has 19 heavy (non-hydrogen) atoms. The number of hydrogen-bond donors (Lipinski definition) is 1. The van der Waals surface area contributed by atoms with Gasteiger partial charge in [0.1, 0.15) is 0 Å². The average molecular weight is 275 g/mol. The molecular weight excluding hydrogens is 258 g/mol. The Kier molecular flexibility index (Phi) is 4.29. The van der Waals surface area contributed by atoms with Crippen molar-refractivity contribution in [1.29, 1.82) is 0 Å². The lowest BCUT2D eigenvalue weighted by molar-refractivity contribution is 0.102. The molecule has 1 aromatic heterocycles. The fourth-order valence-corrected chi connectivity index (χ4v) is 2.46. The van der Waals surface area contributed by atoms with Crippen molar-refractivity contribution in [1.82, 2.24) is 9.88 Å². The second-order valence-corrected chi connectivity index (χ2v) is 5.86. The van der Waals surface area contributed by atoms with E-state index in [9.17, 15) is 4.79 Å². The molecule has 0 aliphatic carbocycles. The summed E-state index contributed by atoms with van der Waals surface area (Å²) >= 11 is 1.48. The SMILES string of the molecule is Cc1cnc(NC(=O)c2ccccc2CN(C)C)s1. The van der Waals surface area contributed by atoms with Crippen LogP contribution in [0.2, 0.25) is 0 Å². The summed E-state index contributed by atoms with van der Waals surface area (Å²) < 4.78 is 0. The summed E-state index contributed by atoms with van der Waals surface area (Å²) in [5.41, 5.74) is 1.71. The first-order chi connectivity index (χ1) is 9.06. The summed E-state index contributed by atoms with van der Waals surface area (Å²) in [4.78, 5) is 19.5. The van der Waals surface area contributed by atoms with E-state index in [0.717, 1.165) is 17.0 Å². The van der Waals surface area contributed by atoms with Crippen LogP contribution in [0, 0.1) is 6.92 Å². The third-order valence-electron chi connectivity index (χ3n) is 2.59. The van der Waals surface area contributed by atoms with Crippen LogP contribution in [0.3, 0.4) is 0 Å². The number of aromatic nitrogens is 1. The lowest BCUT2D eigenvalue weighted by Crippen LogP contribution is -2.18. The molecule has 1 aromatic carbocycles. The Balaban J connectivity index is 2.18. The van der Waals surface area contributed by atoms with Crippen LogP contribution in [-0.2, 0) is 6.54 Å². The van der Waals surface area contributed by atoms with Crippen molar-refractivity contribution in [3.63, 3.8) is 0 Å². The van der Waals surface area contributed by atoms with Crippen LogP contribution in [0.4, 0.5) is 5.13 Å². The van der Waals surface area contributed by atoms with E-state index in [0.29, 0.717) is 10.7 Å². The Bertz CT molecular complexity index is 578. The van der Waals surface area contributed by atoms with Gasteiger partial charge in [0.15, 0.2) is 5.13 Å². The zero-order valence-electron chi connectivity index (χ0n) is 11.3. The molecule has 5 heteroatoms. The number of anilines is 1. The fraction of sp³-hybridized carbons (Fsp3) is 0.286. The minimum atomic E-state index is -0.105. The zero-order chi connectivity index (χ0) is 13.8. The van der Waals surface area contributed by atoms with Gasteiger partial charge in [0, 0.05) is 23.2 Å². The molecule has 0 radical (unpaired) electrons. The van der Waals surface area contributed by atoms with Crippen molar-refractivity contribution in [2.45, 2.75) is 13.5 Å². The van der Waals surface area contributed by atoms with Gasteiger partial charge in [-0.05, 0) is 32.6 Å². The van der Waals surface area contributed by atoms with Gasteiger partial charge in [0.05, 0.1) is 0 Å². The molecule has 1 heterocycles. The molecule has 0 bridgehead atoms. The second-order valence-electron chi connectivity index (χ2n) is 4.63. The van der Waals surface area contributed by atoms with Gasteiger partial charge in [-0.15, -0.1) is 11.3 Å². The summed E-state index contributed by atoms with van der Waals surface area (Å²) in [5, 5.41) is 3.48. The number of carbonyl (C=O) groups excluding carboxylic acids is 1. The van der Waals surface area contributed by atoms with Crippen LogP contribution in [0.25, 0.3) is 0 Å². The van der Waals surface area contributed by atoms with E-state index < -0.39 is 0 Å². The number of carbonyl (C=O) groups is 1. The predicted octanol–water partition coefficient (Wildman–Crippen LogP) is 2.77. The van der Waals surface area contributed by atoms with E-state index in [2.05, 4.69) is 10.3 Å². The number of aryl methyl sites for hydroxylation is 1. The Morgan fingerprint density at radius 3 is 2.74 bits per heavy atom. The van der Waals surface area contributed by atoms with Crippen molar-refractivity contribution >= 4 is 22.4 Å². The molecule has 0 unspecified atom stereocenters. The second kappa shape index (κ2) is 5.95. The number of nitrogens with one attached hydrogen (secondary N) is 1. The standard InChI is InChI=1S/C14H17N3OS/c1-10-8-15-14(19-10)16-13(18)12-7-5-4-6-11(12)9-17(2)3/h4-8H,9H2,1-3H3,(H,15,16,18). The van der Waals surface area contributed by atoms with Gasteiger partial charge >= 0.3 is 0 Å². The maximum atomic E-state index is 12.3. The molecule has 0 spiro atoms. The molecule has 1 amide bonds. The first kappa shape index (κ1) is 13.7. The monoisotopic (exact) mass is 275 g/mol. The van der Waals surface area contributed by atoms with Gasteiger partial charge in [-0.2, -0.15) is 0 Å². The molecule has 0 fully saturated rings. The van der Waals surface area contributed by atoms with Crippen molar-refractivity contribution in [2.24, 2.45) is 0 Å². The Labute approximate surface area is 117 Å². The number of thiazole rings is 1. The zero-order valence-corrected chi connectivity index (χ0v) is 12.1. The number of amides is 1. The predicted molar refractivity (Wildman–Crippen MR) is 78.6 cm³/mol. The normalized spacial score (nSPS) is 10.7. The highest BCUT2D eigenvalue weighted by Gasteiger charge is 2.12. The highest BCUT2D eigenvalue weighted by Crippen LogP contribution is 2.18. The largest absolute Gasteiger partial charge is 0.305 e. The van der Waals surface area contributed by atoms with Crippen LogP contribution in [0.1, 0.15) is 20.8 Å². The highest BCUT2D eigenvalue weighted by molar-refractivity contribution is 7.15. The molecule has 2 aromatic rings. The lowest BCUT2D eigenvalue weighted by Gasteiger charge is -2.13. The van der Waals surface area contributed by atoms with Crippen molar-refractivity contribution in [2.75, 3.05) is 19.4 Å². The quantitative estimate of drug-likeness (QED) is 0.933. The van der Waals surface area contributed by atoms with Gasteiger partial charge in [-0.3, -0.25) is 10.1 Å². The number of hydrogen-bond acceptors (Lipinski definition) is 4. The van der Waals surface area contributed by atoms with Gasteiger partial charge in [-0.1, -0.05) is 18.2 Å². The topological polar surface area (TPSA) is 45.2 Å². The highest BCUT2D eigenvalue weighted by atomic mass is 32.1. The van der Waals surface area contributed by atoms with Gasteiger partial charge < -0.3 is 4.90 Å². The first-order valence-corrected chi connectivity index (χ1v) is 6.84. The summed E-state index contributed by atoms with van der Waals surface area (Å²) in [6.07, 6.45) is 1.76. The van der Waals surface area contributed by atoms with Crippen LogP contribution in [0.15, 0.2) is 30.5 Å². The average Bonchev–Trinajstić information content (AvgIpc) is 2.74. The molecule has 0 saturated carbocycles. The van der Waals surface area contributed by atoms with Crippen LogP contribution in [0.5, 0.6) is 0 Å². The third kappa shape index (κ3) is 3.62. The van der Waals surface area contributed by atoms with E-state index in [1.54, 1.807) is 6.20 Å². The van der Waals surface area contributed by atoms with E-state index in [1.165, 1.54) is 11.3 Å². The summed E-state index contributed by atoms with van der Waals surface area (Å²) in [7, 11) is 3.97. The molecule has 0 saturated heterocycles. The first-order valence-electron chi connectivity index (χ1n) is 6.02. The summed E-state index contributed by atoms with van der Waals surface area (Å²) in [6, 6.07) is 7.64. The van der Waals surface area contributed by atoms with Crippen LogP contribution in [-0.4, -0.2) is 29.9 Å². The minimum absolute atomic E-state index is 0.105. The van der Waals surface area contributed by atoms with Crippen LogP contribution < -0.4 is 5.32 Å². The molecule has 100 valence electrons. The number of benzene rings is 1. The number of rotatable bonds is 4. The molecule has 1 N–H and O–H groups in total. The Hall–Kier alpha value is -1.72. The minimum Gasteiger partial charge on any atom is -0.305 e. The van der Waals surface area contributed by atoms with E-state index >= 15 is 0 Å². The van der Waals surface area contributed by atoms with Gasteiger partial charge in [-0.25, -0.2) is 4.98 Å². The van der Waals surface area contributed by atoms with E-state index in [-0.39, 0.29) is 5.91 Å². The maximum absolute atomic E-state index is 12.3. The Morgan fingerprint density at radius 2 is 2.11 bits per heavy atom. The molecule has 0 aliphatic rings. The van der Waals surface area contributed by atoms with E-state index in [4.69, 9.17) is 0 Å². The lowest BCUT2D eigenvalue weighted by atomic mass is 10.1. The van der Waals surface area contributed by atoms with Crippen LogP contribution >= 0.6 is 11.3 Å². The number of nitrogens with zero attached hydrogens (tertiary/aromatic N) is 2. The smallest absolute Gasteiger partial charge is 0.257 e. The fourth-order valence-electron chi connectivity index (χ4n) is 1.80. The third-order valence-corrected chi connectivity index (χ3v) is 3.42. The van der Waals surface area contributed by atoms with E-state index in [1.807, 2.05) is 50.2 Å². The molecule has 0 atom stereocenters.